The van der Waals surface area contributed by atoms with E-state index in [1.807, 2.05) is 24.3 Å². The maximum absolute atomic E-state index is 13.5. The number of fused-ring (bicyclic) bond motifs is 1. The Labute approximate surface area is 198 Å². The standard InChI is InChI=1S/C24H23ClN2O5S/c1-26(15-17-7-3-5-9-21(17)31-2)24(28)23-16-27(20-8-4-6-10-22(20)32-23)33(29,30)19-13-11-18(25)12-14-19/h3-14,23H,15-16H2,1-2H3/t23-/m0/s1. The second-order valence-corrected chi connectivity index (χ2v) is 9.87. The van der Waals surface area contributed by atoms with Gasteiger partial charge < -0.3 is 14.4 Å². The highest BCUT2D eigenvalue weighted by molar-refractivity contribution is 7.92. The van der Waals surface area contributed by atoms with Crippen LogP contribution in [0.1, 0.15) is 5.56 Å². The molecule has 0 fully saturated rings. The van der Waals surface area contributed by atoms with Gasteiger partial charge in [-0.1, -0.05) is 41.9 Å². The maximum atomic E-state index is 13.5. The lowest BCUT2D eigenvalue weighted by atomic mass is 10.1. The van der Waals surface area contributed by atoms with Crippen molar-refractivity contribution in [3.05, 3.63) is 83.4 Å². The van der Waals surface area contributed by atoms with Crippen molar-refractivity contribution in [3.8, 4) is 11.5 Å². The first-order valence-corrected chi connectivity index (χ1v) is 12.0. The number of nitrogens with zero attached hydrogens (tertiary/aromatic N) is 2. The first kappa shape index (κ1) is 22.9. The Morgan fingerprint density at radius 1 is 1.09 bits per heavy atom. The molecule has 0 unspecified atom stereocenters. The maximum Gasteiger partial charge on any atom is 0.265 e. The van der Waals surface area contributed by atoms with Gasteiger partial charge in [0, 0.05) is 24.2 Å². The highest BCUT2D eigenvalue weighted by Gasteiger charge is 2.38. The van der Waals surface area contributed by atoms with Crippen LogP contribution in [-0.2, 0) is 21.4 Å². The Morgan fingerprint density at radius 3 is 2.48 bits per heavy atom. The Kier molecular flexibility index (Phi) is 6.49. The molecule has 0 saturated heterocycles. The van der Waals surface area contributed by atoms with Gasteiger partial charge >= 0.3 is 0 Å². The van der Waals surface area contributed by atoms with Gasteiger partial charge in [-0.25, -0.2) is 8.42 Å². The van der Waals surface area contributed by atoms with Crippen LogP contribution in [0.4, 0.5) is 5.69 Å². The first-order chi connectivity index (χ1) is 15.8. The van der Waals surface area contributed by atoms with Crippen molar-refractivity contribution in [2.75, 3.05) is 25.0 Å². The summed E-state index contributed by atoms with van der Waals surface area (Å²) in [5.74, 6) is 0.649. The van der Waals surface area contributed by atoms with E-state index < -0.39 is 16.1 Å². The number of methoxy groups -OCH3 is 1. The van der Waals surface area contributed by atoms with E-state index in [9.17, 15) is 13.2 Å². The summed E-state index contributed by atoms with van der Waals surface area (Å²) in [5, 5.41) is 0.433. The number of para-hydroxylation sites is 3. The summed E-state index contributed by atoms with van der Waals surface area (Å²) in [6.07, 6.45) is -1.01. The van der Waals surface area contributed by atoms with E-state index in [0.717, 1.165) is 5.56 Å². The van der Waals surface area contributed by atoms with Crippen molar-refractivity contribution in [2.24, 2.45) is 0 Å². The number of anilines is 1. The van der Waals surface area contributed by atoms with Gasteiger partial charge in [-0.2, -0.15) is 0 Å². The smallest absolute Gasteiger partial charge is 0.265 e. The molecular formula is C24H23ClN2O5S. The summed E-state index contributed by atoms with van der Waals surface area (Å²) in [6.45, 7) is 0.130. The van der Waals surface area contributed by atoms with E-state index in [0.29, 0.717) is 22.2 Å². The molecule has 1 amide bonds. The van der Waals surface area contributed by atoms with Crippen LogP contribution < -0.4 is 13.8 Å². The van der Waals surface area contributed by atoms with E-state index in [4.69, 9.17) is 21.1 Å². The zero-order chi connectivity index (χ0) is 23.6. The van der Waals surface area contributed by atoms with E-state index in [1.54, 1.807) is 38.4 Å². The largest absolute Gasteiger partial charge is 0.496 e. The molecule has 3 aromatic carbocycles. The minimum absolute atomic E-state index is 0.0807. The Balaban J connectivity index is 1.63. The number of ether oxygens (including phenoxy) is 2. The van der Waals surface area contributed by atoms with E-state index >= 15 is 0 Å². The van der Waals surface area contributed by atoms with Gasteiger partial charge in [-0.15, -0.1) is 0 Å². The Morgan fingerprint density at radius 2 is 1.76 bits per heavy atom. The summed E-state index contributed by atoms with van der Waals surface area (Å²) >= 11 is 5.93. The van der Waals surface area contributed by atoms with Gasteiger partial charge in [0.15, 0.2) is 6.10 Å². The monoisotopic (exact) mass is 486 g/mol. The van der Waals surface area contributed by atoms with Crippen LogP contribution in [0.25, 0.3) is 0 Å². The second kappa shape index (κ2) is 9.33. The Bertz CT molecular complexity index is 1260. The average molecular weight is 487 g/mol. The highest BCUT2D eigenvalue weighted by atomic mass is 35.5. The molecule has 0 N–H and O–H groups in total. The van der Waals surface area contributed by atoms with Crippen LogP contribution >= 0.6 is 11.6 Å². The molecule has 0 bridgehead atoms. The van der Waals surface area contributed by atoms with Crippen LogP contribution in [0.5, 0.6) is 11.5 Å². The molecule has 1 heterocycles. The number of carbonyl (C=O) groups is 1. The van der Waals surface area contributed by atoms with E-state index in [2.05, 4.69) is 0 Å². The molecule has 0 aliphatic carbocycles. The van der Waals surface area contributed by atoms with Gasteiger partial charge in [0.25, 0.3) is 15.9 Å². The number of rotatable bonds is 6. The van der Waals surface area contributed by atoms with Gasteiger partial charge in [0.05, 0.1) is 24.2 Å². The quantitative estimate of drug-likeness (QED) is 0.527. The molecule has 0 saturated carbocycles. The number of likely N-dealkylation sites (N-methyl/N-ethyl adjacent to an activating group) is 1. The van der Waals surface area contributed by atoms with Gasteiger partial charge in [0.1, 0.15) is 11.5 Å². The van der Waals surface area contributed by atoms with Gasteiger partial charge in [0.2, 0.25) is 0 Å². The number of sulfonamides is 1. The predicted octanol–water partition coefficient (Wildman–Crippen LogP) is 3.96. The molecule has 1 aliphatic rings. The molecule has 33 heavy (non-hydrogen) atoms. The van der Waals surface area contributed by atoms with Crippen molar-refractivity contribution in [1.82, 2.24) is 4.90 Å². The van der Waals surface area contributed by atoms with E-state index in [1.165, 1.54) is 33.5 Å². The van der Waals surface area contributed by atoms with Gasteiger partial charge in [-0.3, -0.25) is 9.10 Å². The number of hydrogen-bond donors (Lipinski definition) is 0. The van der Waals surface area contributed by atoms with Gasteiger partial charge in [-0.05, 0) is 42.5 Å². The minimum atomic E-state index is -3.95. The topological polar surface area (TPSA) is 76.2 Å². The minimum Gasteiger partial charge on any atom is -0.496 e. The lowest BCUT2D eigenvalue weighted by Gasteiger charge is -2.36. The zero-order valence-electron chi connectivity index (χ0n) is 18.1. The first-order valence-electron chi connectivity index (χ1n) is 10.2. The molecule has 7 nitrogen and oxygen atoms in total. The van der Waals surface area contributed by atoms with Crippen molar-refractivity contribution >= 4 is 33.2 Å². The van der Waals surface area contributed by atoms with Crippen LogP contribution in [0.2, 0.25) is 5.02 Å². The zero-order valence-corrected chi connectivity index (χ0v) is 19.7. The third kappa shape index (κ3) is 4.62. The fraction of sp³-hybridized carbons (Fsp3) is 0.208. The van der Waals surface area contributed by atoms with Crippen LogP contribution in [0.15, 0.2) is 77.7 Å². The van der Waals surface area contributed by atoms with Crippen molar-refractivity contribution < 1.29 is 22.7 Å². The number of halogens is 1. The fourth-order valence-corrected chi connectivity index (χ4v) is 5.31. The predicted molar refractivity (Wildman–Crippen MR) is 126 cm³/mol. The van der Waals surface area contributed by atoms with Crippen LogP contribution in [0.3, 0.4) is 0 Å². The Hall–Kier alpha value is -3.23. The normalized spacial score (nSPS) is 15.4. The molecule has 0 radical (unpaired) electrons. The van der Waals surface area contributed by atoms with Crippen molar-refractivity contribution in [1.29, 1.82) is 0 Å². The average Bonchev–Trinajstić information content (AvgIpc) is 2.83. The summed E-state index contributed by atoms with van der Waals surface area (Å²) < 4.78 is 39.4. The lowest BCUT2D eigenvalue weighted by molar-refractivity contribution is -0.137. The molecule has 0 spiro atoms. The molecular weight excluding hydrogens is 464 g/mol. The third-order valence-corrected chi connectivity index (χ3v) is 7.43. The summed E-state index contributed by atoms with van der Waals surface area (Å²) in [6, 6.07) is 20.1. The number of hydrogen-bond acceptors (Lipinski definition) is 5. The summed E-state index contributed by atoms with van der Waals surface area (Å²) in [7, 11) is -0.730. The lowest BCUT2D eigenvalue weighted by Crippen LogP contribution is -2.50. The number of carbonyl (C=O) groups excluding carboxylic acids is 1. The number of amides is 1. The van der Waals surface area contributed by atoms with Crippen LogP contribution in [0, 0.1) is 0 Å². The van der Waals surface area contributed by atoms with Crippen LogP contribution in [-0.4, -0.2) is 46.0 Å². The molecule has 3 aromatic rings. The third-order valence-electron chi connectivity index (χ3n) is 5.39. The molecule has 1 atom stereocenters. The number of benzene rings is 3. The second-order valence-electron chi connectivity index (χ2n) is 7.57. The summed E-state index contributed by atoms with van der Waals surface area (Å²) in [5.41, 5.74) is 1.21. The SMILES string of the molecule is COc1ccccc1CN(C)C(=O)[C@@H]1CN(S(=O)(=O)c2ccc(Cl)cc2)c2ccccc2O1. The molecule has 9 heteroatoms. The molecule has 0 aromatic heterocycles. The van der Waals surface area contributed by atoms with E-state index in [-0.39, 0.29) is 23.9 Å². The molecule has 4 rings (SSSR count). The highest BCUT2D eigenvalue weighted by Crippen LogP contribution is 2.37. The summed E-state index contributed by atoms with van der Waals surface area (Å²) in [4.78, 5) is 14.9. The van der Waals surface area contributed by atoms with Crippen molar-refractivity contribution in [3.63, 3.8) is 0 Å². The molecule has 172 valence electrons. The molecule has 1 aliphatic heterocycles. The van der Waals surface area contributed by atoms with Crippen molar-refractivity contribution in [2.45, 2.75) is 17.5 Å². The fourth-order valence-electron chi connectivity index (χ4n) is 3.71.